The van der Waals surface area contributed by atoms with Crippen LogP contribution in [0, 0.1) is 0 Å². The van der Waals surface area contributed by atoms with E-state index in [1.54, 1.807) is 7.05 Å². The predicted octanol–water partition coefficient (Wildman–Crippen LogP) is 2.22. The molecular weight excluding hydrogens is 266 g/mol. The third-order valence-electron chi connectivity index (χ3n) is 3.11. The van der Waals surface area contributed by atoms with Gasteiger partial charge in [0.15, 0.2) is 5.56 Å². The molecule has 2 aromatic rings. The van der Waals surface area contributed by atoms with Gasteiger partial charge in [-0.15, -0.1) is 11.3 Å². The summed E-state index contributed by atoms with van der Waals surface area (Å²) in [6, 6.07) is 0. The molecular formula is C13H15NO4S. The summed E-state index contributed by atoms with van der Waals surface area (Å²) < 4.78 is 5.94. The molecule has 1 N–H and O–H groups in total. The van der Waals surface area contributed by atoms with Crippen LogP contribution in [0.3, 0.4) is 0 Å². The number of esters is 1. The standard InChI is InChI=1S/C13H15NO4S/c1-6(2)7-5-19-12-8(7)10(15)9(13(17)18-4)11(16)14(12)3/h5-6,15H,1-4H3. The molecule has 0 saturated carbocycles. The van der Waals surface area contributed by atoms with Gasteiger partial charge in [0, 0.05) is 7.05 Å². The number of rotatable bonds is 2. The zero-order valence-corrected chi connectivity index (χ0v) is 12.0. The second kappa shape index (κ2) is 4.70. The van der Waals surface area contributed by atoms with Gasteiger partial charge in [0.05, 0.1) is 12.5 Å². The number of hydrogen-bond donors (Lipinski definition) is 1. The van der Waals surface area contributed by atoms with Crippen LogP contribution in [0.4, 0.5) is 0 Å². The summed E-state index contributed by atoms with van der Waals surface area (Å²) in [7, 11) is 2.76. The quantitative estimate of drug-likeness (QED) is 0.857. The number of pyridine rings is 1. The van der Waals surface area contributed by atoms with E-state index in [4.69, 9.17) is 0 Å². The number of hydrogen-bond acceptors (Lipinski definition) is 5. The molecule has 0 saturated heterocycles. The van der Waals surface area contributed by atoms with Crippen LogP contribution in [0.5, 0.6) is 5.75 Å². The Labute approximate surface area is 114 Å². The number of fused-ring (bicyclic) bond motifs is 1. The van der Waals surface area contributed by atoms with Crippen LogP contribution in [0.15, 0.2) is 10.2 Å². The van der Waals surface area contributed by atoms with Crippen molar-refractivity contribution in [1.82, 2.24) is 4.57 Å². The molecule has 0 unspecified atom stereocenters. The van der Waals surface area contributed by atoms with Gasteiger partial charge in [-0.3, -0.25) is 4.79 Å². The van der Waals surface area contributed by atoms with Gasteiger partial charge in [-0.1, -0.05) is 13.8 Å². The van der Waals surface area contributed by atoms with Crippen molar-refractivity contribution < 1.29 is 14.6 Å². The van der Waals surface area contributed by atoms with E-state index in [2.05, 4.69) is 4.74 Å². The van der Waals surface area contributed by atoms with Crippen molar-refractivity contribution in [2.45, 2.75) is 19.8 Å². The van der Waals surface area contributed by atoms with E-state index < -0.39 is 11.5 Å². The van der Waals surface area contributed by atoms with Crippen LogP contribution < -0.4 is 5.56 Å². The molecule has 0 spiro atoms. The molecule has 0 atom stereocenters. The number of methoxy groups -OCH3 is 1. The minimum Gasteiger partial charge on any atom is -0.506 e. The van der Waals surface area contributed by atoms with Crippen molar-refractivity contribution in [1.29, 1.82) is 0 Å². The van der Waals surface area contributed by atoms with Gasteiger partial charge in [0.1, 0.15) is 10.6 Å². The lowest BCUT2D eigenvalue weighted by atomic mass is 10.0. The Morgan fingerprint density at radius 2 is 2.11 bits per heavy atom. The third kappa shape index (κ3) is 1.92. The Morgan fingerprint density at radius 1 is 1.47 bits per heavy atom. The number of carbonyl (C=O) groups is 1. The van der Waals surface area contributed by atoms with E-state index in [1.807, 2.05) is 19.2 Å². The fraction of sp³-hybridized carbons (Fsp3) is 0.385. The molecule has 0 bridgehead atoms. The molecule has 0 fully saturated rings. The lowest BCUT2D eigenvalue weighted by Crippen LogP contribution is -2.25. The first-order valence-electron chi connectivity index (χ1n) is 5.81. The summed E-state index contributed by atoms with van der Waals surface area (Å²) in [6.45, 7) is 3.98. The molecule has 102 valence electrons. The average molecular weight is 281 g/mol. The number of aromatic nitrogens is 1. The third-order valence-corrected chi connectivity index (χ3v) is 4.18. The second-order valence-corrected chi connectivity index (χ2v) is 5.46. The minimum atomic E-state index is -0.819. The molecule has 0 aliphatic heterocycles. The summed E-state index contributed by atoms with van der Waals surface area (Å²) in [5, 5.41) is 12.7. The normalized spacial score (nSPS) is 11.2. The van der Waals surface area contributed by atoms with Crippen LogP contribution in [0.2, 0.25) is 0 Å². The highest BCUT2D eigenvalue weighted by Gasteiger charge is 2.24. The van der Waals surface area contributed by atoms with E-state index in [0.717, 1.165) is 5.56 Å². The molecule has 0 aliphatic rings. The fourth-order valence-electron chi connectivity index (χ4n) is 2.04. The van der Waals surface area contributed by atoms with Gasteiger partial charge in [0.25, 0.3) is 5.56 Å². The van der Waals surface area contributed by atoms with Crippen molar-refractivity contribution in [3.63, 3.8) is 0 Å². The van der Waals surface area contributed by atoms with Crippen molar-refractivity contribution >= 4 is 27.5 Å². The molecule has 19 heavy (non-hydrogen) atoms. The zero-order chi connectivity index (χ0) is 14.3. The molecule has 2 rings (SSSR count). The van der Waals surface area contributed by atoms with E-state index in [1.165, 1.54) is 23.0 Å². The van der Waals surface area contributed by atoms with Gasteiger partial charge in [-0.2, -0.15) is 0 Å². The monoisotopic (exact) mass is 281 g/mol. The Hall–Kier alpha value is -1.82. The van der Waals surface area contributed by atoms with Gasteiger partial charge in [-0.25, -0.2) is 4.79 Å². The van der Waals surface area contributed by atoms with E-state index in [9.17, 15) is 14.7 Å². The first-order chi connectivity index (χ1) is 8.90. The highest BCUT2D eigenvalue weighted by atomic mass is 32.1. The SMILES string of the molecule is COC(=O)c1c(O)c2c(C(C)C)csc2n(C)c1=O. The lowest BCUT2D eigenvalue weighted by Gasteiger charge is -2.10. The number of aromatic hydroxyl groups is 1. The smallest absolute Gasteiger partial charge is 0.347 e. The van der Waals surface area contributed by atoms with Gasteiger partial charge in [-0.05, 0) is 16.9 Å². The molecule has 0 radical (unpaired) electrons. The molecule has 6 heteroatoms. The number of thiophene rings is 1. The Balaban J connectivity index is 2.96. The van der Waals surface area contributed by atoms with Crippen molar-refractivity contribution in [3.05, 3.63) is 26.9 Å². The van der Waals surface area contributed by atoms with Crippen molar-refractivity contribution in [2.75, 3.05) is 7.11 Å². The first kappa shape index (κ1) is 13.6. The second-order valence-electron chi connectivity index (χ2n) is 4.61. The molecule has 0 aliphatic carbocycles. The molecule has 5 nitrogen and oxygen atoms in total. The van der Waals surface area contributed by atoms with Crippen LogP contribution in [0.25, 0.3) is 10.2 Å². The summed E-state index contributed by atoms with van der Waals surface area (Å²) in [4.78, 5) is 24.4. The topological polar surface area (TPSA) is 68.5 Å². The molecule has 0 aromatic carbocycles. The van der Waals surface area contributed by atoms with Crippen LogP contribution in [-0.4, -0.2) is 22.8 Å². The number of nitrogens with zero attached hydrogens (tertiary/aromatic N) is 1. The first-order valence-corrected chi connectivity index (χ1v) is 6.69. The Bertz CT molecular complexity index is 711. The summed E-state index contributed by atoms with van der Waals surface area (Å²) in [6.07, 6.45) is 0. The summed E-state index contributed by atoms with van der Waals surface area (Å²) in [5.74, 6) is -0.918. The Kier molecular flexibility index (Phi) is 3.36. The molecule has 2 heterocycles. The van der Waals surface area contributed by atoms with Crippen molar-refractivity contribution in [3.8, 4) is 5.75 Å². The molecule has 2 aromatic heterocycles. The zero-order valence-electron chi connectivity index (χ0n) is 11.2. The number of ether oxygens (including phenoxy) is 1. The molecule has 0 amide bonds. The Morgan fingerprint density at radius 3 is 2.63 bits per heavy atom. The van der Waals surface area contributed by atoms with E-state index in [0.29, 0.717) is 10.2 Å². The highest BCUT2D eigenvalue weighted by Crippen LogP contribution is 2.37. The summed E-state index contributed by atoms with van der Waals surface area (Å²) in [5.41, 5.74) is 0.0602. The maximum atomic E-state index is 12.1. The summed E-state index contributed by atoms with van der Waals surface area (Å²) >= 11 is 1.38. The predicted molar refractivity (Wildman–Crippen MR) is 74.2 cm³/mol. The number of carbonyl (C=O) groups excluding carboxylic acids is 1. The largest absolute Gasteiger partial charge is 0.506 e. The lowest BCUT2D eigenvalue weighted by molar-refractivity contribution is 0.0595. The highest BCUT2D eigenvalue weighted by molar-refractivity contribution is 7.17. The van der Waals surface area contributed by atoms with Crippen LogP contribution in [-0.2, 0) is 11.8 Å². The fourth-order valence-corrected chi connectivity index (χ4v) is 3.24. The minimum absolute atomic E-state index is 0.183. The average Bonchev–Trinajstić information content (AvgIpc) is 2.81. The van der Waals surface area contributed by atoms with Gasteiger partial charge < -0.3 is 14.4 Å². The van der Waals surface area contributed by atoms with Crippen LogP contribution >= 0.6 is 11.3 Å². The van der Waals surface area contributed by atoms with E-state index in [-0.39, 0.29) is 17.2 Å². The van der Waals surface area contributed by atoms with Gasteiger partial charge >= 0.3 is 5.97 Å². The van der Waals surface area contributed by atoms with Gasteiger partial charge in [0.2, 0.25) is 0 Å². The van der Waals surface area contributed by atoms with E-state index >= 15 is 0 Å². The maximum absolute atomic E-state index is 12.1. The number of aryl methyl sites for hydroxylation is 1. The van der Waals surface area contributed by atoms with Crippen LogP contribution in [0.1, 0.15) is 35.7 Å². The van der Waals surface area contributed by atoms with Crippen molar-refractivity contribution in [2.24, 2.45) is 7.05 Å². The maximum Gasteiger partial charge on any atom is 0.347 e.